The number of halogens is 2. The quantitative estimate of drug-likeness (QED) is 0.0380. The molecule has 15 amide bonds. The summed E-state index contributed by atoms with van der Waals surface area (Å²) in [6, 6.07) is 22.6. The van der Waals surface area contributed by atoms with Crippen molar-refractivity contribution in [3.8, 4) is 11.5 Å². The zero-order valence-corrected chi connectivity index (χ0v) is 77.7. The van der Waals surface area contributed by atoms with E-state index in [1.807, 2.05) is 6.92 Å². The SMILES string of the molecule is CCCCC[C@H]1C(=O)N(C)CC(=O)N[C@@H](CC(=O)O)C(=O)N[C@@H](C(C)C)C(=O)N(C)[C@@H](Cc2ccccc2)C(=O)N[C@@H](Cc2ccc(O)cc2)C(=O)N(C)CC(=O)N[C@@H](Cc2c[nH]c3ccccc23)C(=O)N[C@@H](Cc2ccc(O)cc2)C(=O)N[C@@H](CC(C)C)C(=O)N[C@H](C(=O)NCC(N)=O)CSCC(=O)N[C@@H](Cc2cc(Cl)cc(Cl)c2)C(=O)N(C)[C@@H](Cc2ccccc2)C(=O)N1C. The number of rotatable bonds is 24. The van der Waals surface area contributed by atoms with Gasteiger partial charge in [-0.1, -0.05) is 180 Å². The number of carboxylic acids is 1. The molecule has 6 aromatic carbocycles. The molecule has 0 radical (unpaired) electrons. The zero-order valence-electron chi connectivity index (χ0n) is 75.4. The Morgan fingerprint density at radius 3 is 1.51 bits per heavy atom. The van der Waals surface area contributed by atoms with Gasteiger partial charge in [0.1, 0.15) is 78.0 Å². The van der Waals surface area contributed by atoms with Crippen LogP contribution in [0.2, 0.25) is 10.0 Å². The summed E-state index contributed by atoms with van der Waals surface area (Å²) < 4.78 is 0. The van der Waals surface area contributed by atoms with Gasteiger partial charge in [0.2, 0.25) is 88.6 Å². The van der Waals surface area contributed by atoms with Crippen molar-refractivity contribution in [2.45, 2.75) is 178 Å². The number of primary amides is 1. The van der Waals surface area contributed by atoms with Crippen molar-refractivity contribution in [3.05, 3.63) is 201 Å². The van der Waals surface area contributed by atoms with E-state index in [-0.39, 0.29) is 78.8 Å². The third-order valence-corrected chi connectivity index (χ3v) is 23.9. The highest BCUT2D eigenvalue weighted by molar-refractivity contribution is 8.00. The van der Waals surface area contributed by atoms with Crippen molar-refractivity contribution >= 4 is 140 Å². The lowest BCUT2D eigenvalue weighted by Crippen LogP contribution is -2.61. The largest absolute Gasteiger partial charge is 0.508 e. The van der Waals surface area contributed by atoms with Crippen molar-refractivity contribution in [1.82, 2.24) is 77.3 Å². The lowest BCUT2D eigenvalue weighted by molar-refractivity contribution is -0.151. The molecule has 38 heteroatoms. The van der Waals surface area contributed by atoms with E-state index in [1.165, 1.54) is 102 Å². The molecule has 0 saturated carbocycles. The number of carbonyl (C=O) groups excluding carboxylic acids is 15. The summed E-state index contributed by atoms with van der Waals surface area (Å²) in [6.07, 6.45) is 0.508. The van der Waals surface area contributed by atoms with Crippen LogP contribution in [0.1, 0.15) is 107 Å². The number of aromatic amines is 1. The van der Waals surface area contributed by atoms with Crippen LogP contribution >= 0.6 is 35.0 Å². The van der Waals surface area contributed by atoms with Gasteiger partial charge in [-0.3, -0.25) is 76.7 Å². The average Bonchev–Trinajstić information content (AvgIpc) is 1.11. The highest BCUT2D eigenvalue weighted by atomic mass is 35.5. The summed E-state index contributed by atoms with van der Waals surface area (Å²) in [5.74, 6) is -17.9. The molecule has 0 aliphatic carbocycles. The van der Waals surface area contributed by atoms with Crippen LogP contribution in [0.4, 0.5) is 0 Å². The molecular formula is C94H118Cl2N16O19S. The zero-order chi connectivity index (χ0) is 96.7. The standard InChI is InChI=1S/C94H118Cl2N16O19S/c1-11-12-15-28-75-92(129)109(7)51-80(117)101-71(47-82(119)120)88(125)107-83(55(4)5)94(131)111(9)76(43-56-22-16-13-17-23-56)89(126)105-72(41-59-31-35-65(114)36-32-59)90(127)108(6)50-79(116)100-70(45-61-48-98-67-27-21-20-26-66(61)67)87(124)104-69(40-58-29-33-64(113)34-30-58)86(123)103-68(37-54(2)3)85(122)106-74(84(121)99-49-78(97)115)52-132-53-81(118)102-73(42-60-38-62(95)46-63(96)39-60)91(128)112(10)77(93(130)110(75)8)44-57-24-18-14-19-25-57/h13-14,16-27,29-36,38-39,46,48,54-55,68-77,83,98,113-114H,11-12,15,28,37,40-45,47,49-53H2,1-10H3,(H2,97,115)(H,99,121)(H,100,116)(H,101,117)(H,102,118)(H,103,123)(H,104,124)(H,105,126)(H,106,122)(H,107,125)(H,119,120)/t68-,69-,70-,71-,72-,73-,74-,75-,76-,77-,83-/m0/s1. The fourth-order valence-electron chi connectivity index (χ4n) is 15.3. The highest BCUT2D eigenvalue weighted by Gasteiger charge is 2.42. The number of phenols is 2. The number of carboxylic acid groups (broad SMARTS) is 1. The van der Waals surface area contributed by atoms with Crippen LogP contribution in [0.5, 0.6) is 11.5 Å². The number of carbonyl (C=O) groups is 16. The number of H-pyrrole nitrogens is 1. The first-order chi connectivity index (χ1) is 62.7. The van der Waals surface area contributed by atoms with Crippen LogP contribution in [0, 0.1) is 11.8 Å². The van der Waals surface area contributed by atoms with Crippen molar-refractivity contribution in [3.63, 3.8) is 0 Å². The van der Waals surface area contributed by atoms with Crippen molar-refractivity contribution < 1.29 is 92.0 Å². The second kappa shape index (κ2) is 50.3. The van der Waals surface area contributed by atoms with E-state index in [9.17, 15) is 48.9 Å². The smallest absolute Gasteiger partial charge is 0.305 e. The van der Waals surface area contributed by atoms with Crippen LogP contribution < -0.4 is 53.6 Å². The lowest BCUT2D eigenvalue weighted by atomic mass is 9.98. The van der Waals surface area contributed by atoms with E-state index in [2.05, 4.69) is 52.8 Å². The van der Waals surface area contributed by atoms with Crippen molar-refractivity contribution in [2.24, 2.45) is 17.6 Å². The Hall–Kier alpha value is -13.1. The molecule has 1 saturated heterocycles. The lowest BCUT2D eigenvalue weighted by Gasteiger charge is -2.37. The summed E-state index contributed by atoms with van der Waals surface area (Å²) in [5, 5.41) is 55.9. The minimum absolute atomic E-state index is 0.0149. The molecule has 1 fully saturated rings. The van der Waals surface area contributed by atoms with Gasteiger partial charge in [0.15, 0.2) is 0 Å². The summed E-state index contributed by atoms with van der Waals surface area (Å²) in [5.41, 5.74) is 8.82. The number of hydrogen-bond donors (Lipinski definition) is 14. The minimum atomic E-state index is -1.92. The van der Waals surface area contributed by atoms with Crippen LogP contribution in [0.3, 0.4) is 0 Å². The number of hydrogen-bond acceptors (Lipinski definition) is 19. The summed E-state index contributed by atoms with van der Waals surface area (Å²) in [4.78, 5) is 244. The van der Waals surface area contributed by atoms with Crippen LogP contribution in [-0.4, -0.2) is 272 Å². The minimum Gasteiger partial charge on any atom is -0.508 e. The number of amides is 15. The molecule has 35 nitrogen and oxygen atoms in total. The molecule has 0 spiro atoms. The van der Waals surface area contributed by atoms with E-state index in [4.69, 9.17) is 28.9 Å². The number of thioether (sulfide) groups is 1. The maximum Gasteiger partial charge on any atom is 0.305 e. The number of nitrogens with two attached hydrogens (primary N) is 1. The summed E-state index contributed by atoms with van der Waals surface area (Å²) >= 11 is 13.8. The Balaban J connectivity index is 1.22. The van der Waals surface area contributed by atoms with Gasteiger partial charge < -0.3 is 98.4 Å². The van der Waals surface area contributed by atoms with Crippen molar-refractivity contribution in [1.29, 1.82) is 0 Å². The molecule has 2 heterocycles. The van der Waals surface area contributed by atoms with E-state index >= 15 is 43.2 Å². The topological polar surface area (TPSA) is 500 Å². The molecule has 1 aromatic heterocycles. The first-order valence-corrected chi connectivity index (χ1v) is 45.3. The highest BCUT2D eigenvalue weighted by Crippen LogP contribution is 2.26. The number of nitrogens with one attached hydrogen (secondary N) is 10. The van der Waals surface area contributed by atoms with E-state index < -0.39 is 205 Å². The monoisotopic (exact) mass is 1880 g/mol. The number of aromatic hydroxyl groups is 2. The first kappa shape index (κ1) is 104. The normalized spacial score (nSPS) is 21.7. The fraction of sp³-hybridized carbons (Fsp3) is 0.426. The Kier molecular flexibility index (Phi) is 39.8. The number of para-hydroxylation sites is 1. The Labute approximate surface area is 780 Å². The number of phenolic OH excluding ortho intramolecular Hbond substituents is 2. The average molecular weight is 1880 g/mol. The molecule has 132 heavy (non-hydrogen) atoms. The molecular weight excluding hydrogens is 1760 g/mol. The maximum atomic E-state index is 15.6. The second-order valence-electron chi connectivity index (χ2n) is 33.7. The van der Waals surface area contributed by atoms with E-state index in [0.29, 0.717) is 63.5 Å². The molecule has 8 rings (SSSR count). The third kappa shape index (κ3) is 31.6. The molecule has 15 N–H and O–H groups in total. The maximum absolute atomic E-state index is 15.6. The number of fused-ring (bicyclic) bond motifs is 1. The predicted molar refractivity (Wildman–Crippen MR) is 497 cm³/mol. The van der Waals surface area contributed by atoms with Crippen LogP contribution in [0.25, 0.3) is 10.9 Å². The Bertz CT molecular complexity index is 5210. The summed E-state index contributed by atoms with van der Waals surface area (Å²) in [7, 11) is 6.47. The fourth-order valence-corrected chi connectivity index (χ4v) is 16.7. The Morgan fingerprint density at radius 1 is 0.477 bits per heavy atom. The second-order valence-corrected chi connectivity index (χ2v) is 35.6. The number of unbranched alkanes of at least 4 members (excludes halogenated alkanes) is 2. The molecule has 7 aromatic rings. The summed E-state index contributed by atoms with van der Waals surface area (Å²) in [6.45, 7) is 6.16. The number of likely N-dealkylation sites (N-methyl/N-ethyl adjacent to an activating group) is 5. The molecule has 708 valence electrons. The number of aliphatic carboxylic acids is 1. The van der Waals surface area contributed by atoms with Crippen LogP contribution in [0.15, 0.2) is 158 Å². The van der Waals surface area contributed by atoms with Gasteiger partial charge >= 0.3 is 5.97 Å². The van der Waals surface area contributed by atoms with E-state index in [0.717, 1.165) is 36.3 Å². The predicted octanol–water partition coefficient (Wildman–Crippen LogP) is 4.02. The molecule has 0 unspecified atom stereocenters. The van der Waals surface area contributed by atoms with Gasteiger partial charge in [-0.2, -0.15) is 0 Å². The molecule has 1 aliphatic rings. The van der Waals surface area contributed by atoms with Crippen LogP contribution in [-0.2, 0) is 115 Å². The van der Waals surface area contributed by atoms with Crippen molar-refractivity contribution in [2.75, 3.05) is 66.4 Å². The molecule has 1 aliphatic heterocycles. The first-order valence-electron chi connectivity index (χ1n) is 43.4. The van der Waals surface area contributed by atoms with Gasteiger partial charge in [0.25, 0.3) is 0 Å². The number of benzene rings is 6. The Morgan fingerprint density at radius 2 is 0.947 bits per heavy atom. The van der Waals surface area contributed by atoms with Gasteiger partial charge in [-0.05, 0) is 107 Å². The molecule has 11 atom stereocenters. The van der Waals surface area contributed by atoms with Gasteiger partial charge in [-0.15, -0.1) is 11.8 Å². The number of nitrogens with zero attached hydrogens (tertiary/aromatic N) is 5. The third-order valence-electron chi connectivity index (χ3n) is 22.4. The van der Waals surface area contributed by atoms with Gasteiger partial charge in [-0.25, -0.2) is 0 Å². The van der Waals surface area contributed by atoms with E-state index in [1.54, 1.807) is 119 Å². The number of aromatic nitrogens is 1. The van der Waals surface area contributed by atoms with Gasteiger partial charge in [0.05, 0.1) is 31.8 Å². The van der Waals surface area contributed by atoms with Gasteiger partial charge in [0, 0.05) is 107 Å². The molecule has 0 bridgehead atoms.